The molecule has 0 bridgehead atoms. The standard InChI is InChI=1S/C32H37N3O7/c1-40-30(37)28(21-24-13-5-2-6-14-24)34-29(36)27(35-32(39)42-23-26-17-9-4-10-18-26)19-11-12-20-33-31(38)41-22-25-15-7-3-8-16-25/h2-10,13-18,27-28H,11-12,19-23H2,1H3,(H,33,38)(H,34,36)(H,35,39)/t27-,28+/m0/s1. The van der Waals surface area contributed by atoms with Crippen LogP contribution in [0, 0.1) is 0 Å². The van der Waals surface area contributed by atoms with Gasteiger partial charge in [-0.05, 0) is 36.0 Å². The summed E-state index contributed by atoms with van der Waals surface area (Å²) in [6.07, 6.45) is 0.162. The third kappa shape index (κ3) is 11.7. The number of esters is 1. The van der Waals surface area contributed by atoms with E-state index in [4.69, 9.17) is 14.2 Å². The highest BCUT2D eigenvalue weighted by molar-refractivity contribution is 5.89. The van der Waals surface area contributed by atoms with E-state index < -0.39 is 36.1 Å². The molecule has 3 amide bonds. The van der Waals surface area contributed by atoms with Crippen LogP contribution >= 0.6 is 0 Å². The van der Waals surface area contributed by atoms with Gasteiger partial charge in [-0.1, -0.05) is 91.0 Å². The Labute approximate surface area is 245 Å². The SMILES string of the molecule is COC(=O)[C@@H](Cc1ccccc1)NC(=O)[C@H](CCCCNC(=O)OCc1ccccc1)NC(=O)OCc1ccccc1. The Morgan fingerprint density at radius 2 is 1.17 bits per heavy atom. The lowest BCUT2D eigenvalue weighted by Crippen LogP contribution is -2.52. The van der Waals surface area contributed by atoms with E-state index in [1.54, 1.807) is 0 Å². The summed E-state index contributed by atoms with van der Waals surface area (Å²) in [7, 11) is 1.25. The summed E-state index contributed by atoms with van der Waals surface area (Å²) in [4.78, 5) is 50.3. The van der Waals surface area contributed by atoms with Crippen LogP contribution in [-0.2, 0) is 43.4 Å². The Balaban J connectivity index is 1.53. The Hall–Kier alpha value is -4.86. The molecule has 3 aromatic rings. The fraction of sp³-hybridized carbons (Fsp3) is 0.312. The first kappa shape index (κ1) is 31.7. The molecule has 42 heavy (non-hydrogen) atoms. The molecule has 10 nitrogen and oxygen atoms in total. The number of unbranched alkanes of at least 4 members (excludes halogenated alkanes) is 1. The molecule has 0 aliphatic carbocycles. The molecular formula is C32H37N3O7. The normalized spacial score (nSPS) is 11.8. The van der Waals surface area contributed by atoms with Crippen molar-refractivity contribution in [3.8, 4) is 0 Å². The minimum atomic E-state index is -0.985. The summed E-state index contributed by atoms with van der Waals surface area (Å²) in [5.74, 6) is -1.15. The molecule has 0 aliphatic rings. The van der Waals surface area contributed by atoms with E-state index in [9.17, 15) is 19.2 Å². The Bertz CT molecular complexity index is 1260. The number of ether oxygens (including phenoxy) is 3. The highest BCUT2D eigenvalue weighted by atomic mass is 16.6. The fourth-order valence-corrected chi connectivity index (χ4v) is 4.07. The van der Waals surface area contributed by atoms with Crippen LogP contribution in [0.15, 0.2) is 91.0 Å². The van der Waals surface area contributed by atoms with Crippen molar-refractivity contribution < 1.29 is 33.4 Å². The highest BCUT2D eigenvalue weighted by Gasteiger charge is 2.28. The minimum absolute atomic E-state index is 0.0365. The van der Waals surface area contributed by atoms with Crippen molar-refractivity contribution in [2.24, 2.45) is 0 Å². The predicted molar refractivity (Wildman–Crippen MR) is 156 cm³/mol. The van der Waals surface area contributed by atoms with Crippen molar-refractivity contribution in [2.45, 2.75) is 51.0 Å². The average molecular weight is 576 g/mol. The van der Waals surface area contributed by atoms with E-state index in [-0.39, 0.29) is 26.1 Å². The second kappa shape index (κ2) is 17.8. The van der Waals surface area contributed by atoms with Gasteiger partial charge in [0.1, 0.15) is 25.3 Å². The summed E-state index contributed by atoms with van der Waals surface area (Å²) in [5, 5.41) is 8.01. The largest absolute Gasteiger partial charge is 0.467 e. The van der Waals surface area contributed by atoms with E-state index in [0.29, 0.717) is 19.4 Å². The minimum Gasteiger partial charge on any atom is -0.467 e. The molecule has 3 N–H and O–H groups in total. The molecule has 0 spiro atoms. The third-order valence-electron chi connectivity index (χ3n) is 6.31. The molecule has 0 aromatic heterocycles. The van der Waals surface area contributed by atoms with Gasteiger partial charge in [-0.3, -0.25) is 4.79 Å². The first-order valence-corrected chi connectivity index (χ1v) is 13.8. The Kier molecular flexibility index (Phi) is 13.4. The highest BCUT2D eigenvalue weighted by Crippen LogP contribution is 2.08. The molecule has 2 atom stereocenters. The maximum Gasteiger partial charge on any atom is 0.408 e. The van der Waals surface area contributed by atoms with Crippen molar-refractivity contribution in [2.75, 3.05) is 13.7 Å². The molecule has 3 aromatic carbocycles. The second-order valence-corrected chi connectivity index (χ2v) is 9.52. The summed E-state index contributed by atoms with van der Waals surface area (Å²) in [6.45, 7) is 0.516. The monoisotopic (exact) mass is 575 g/mol. The lowest BCUT2D eigenvalue weighted by Gasteiger charge is -2.22. The molecule has 0 radical (unpaired) electrons. The van der Waals surface area contributed by atoms with Crippen molar-refractivity contribution in [3.05, 3.63) is 108 Å². The number of nitrogens with one attached hydrogen (secondary N) is 3. The van der Waals surface area contributed by atoms with Gasteiger partial charge in [0.15, 0.2) is 0 Å². The fourth-order valence-electron chi connectivity index (χ4n) is 4.07. The van der Waals surface area contributed by atoms with Crippen molar-refractivity contribution in [3.63, 3.8) is 0 Å². The average Bonchev–Trinajstić information content (AvgIpc) is 3.02. The summed E-state index contributed by atoms with van der Waals surface area (Å²) >= 11 is 0. The van der Waals surface area contributed by atoms with Gasteiger partial charge in [-0.15, -0.1) is 0 Å². The van der Waals surface area contributed by atoms with E-state index in [0.717, 1.165) is 16.7 Å². The number of rotatable bonds is 15. The van der Waals surface area contributed by atoms with Crippen LogP contribution in [0.5, 0.6) is 0 Å². The number of methoxy groups -OCH3 is 1. The van der Waals surface area contributed by atoms with E-state index >= 15 is 0 Å². The number of benzene rings is 3. The Morgan fingerprint density at radius 3 is 1.71 bits per heavy atom. The molecule has 0 saturated heterocycles. The number of hydrogen-bond acceptors (Lipinski definition) is 7. The zero-order valence-electron chi connectivity index (χ0n) is 23.6. The van der Waals surface area contributed by atoms with Crippen LogP contribution in [0.1, 0.15) is 36.0 Å². The van der Waals surface area contributed by atoms with Crippen LogP contribution in [0.25, 0.3) is 0 Å². The van der Waals surface area contributed by atoms with E-state index in [2.05, 4.69) is 16.0 Å². The number of amides is 3. The molecular weight excluding hydrogens is 538 g/mol. The lowest BCUT2D eigenvalue weighted by molar-refractivity contribution is -0.145. The summed E-state index contributed by atoms with van der Waals surface area (Å²) in [6, 6.07) is 25.8. The predicted octanol–water partition coefficient (Wildman–Crippen LogP) is 4.28. The number of hydrogen-bond donors (Lipinski definition) is 3. The van der Waals surface area contributed by atoms with Crippen LogP contribution in [0.2, 0.25) is 0 Å². The molecule has 3 rings (SSSR count). The van der Waals surface area contributed by atoms with E-state index in [1.165, 1.54) is 7.11 Å². The Morgan fingerprint density at radius 1 is 0.643 bits per heavy atom. The maximum absolute atomic E-state index is 13.3. The zero-order chi connectivity index (χ0) is 30.0. The number of carbonyl (C=O) groups excluding carboxylic acids is 4. The lowest BCUT2D eigenvalue weighted by atomic mass is 10.0. The molecule has 0 aliphatic heterocycles. The van der Waals surface area contributed by atoms with Gasteiger partial charge in [0.2, 0.25) is 5.91 Å². The smallest absolute Gasteiger partial charge is 0.408 e. The topological polar surface area (TPSA) is 132 Å². The van der Waals surface area contributed by atoms with Gasteiger partial charge in [-0.2, -0.15) is 0 Å². The molecule has 222 valence electrons. The summed E-state index contributed by atoms with van der Waals surface area (Å²) in [5.41, 5.74) is 2.52. The van der Waals surface area contributed by atoms with Crippen molar-refractivity contribution in [1.29, 1.82) is 0 Å². The molecule has 0 fully saturated rings. The van der Waals surface area contributed by atoms with Gasteiger partial charge >= 0.3 is 18.2 Å². The van der Waals surface area contributed by atoms with E-state index in [1.807, 2.05) is 91.0 Å². The van der Waals surface area contributed by atoms with Gasteiger partial charge in [0.05, 0.1) is 7.11 Å². The molecule has 10 heteroatoms. The zero-order valence-corrected chi connectivity index (χ0v) is 23.6. The van der Waals surface area contributed by atoms with Gasteiger partial charge in [-0.25, -0.2) is 14.4 Å². The first-order chi connectivity index (χ1) is 20.4. The quantitative estimate of drug-likeness (QED) is 0.140. The van der Waals surface area contributed by atoms with Crippen molar-refractivity contribution in [1.82, 2.24) is 16.0 Å². The molecule has 0 saturated carbocycles. The molecule has 0 heterocycles. The van der Waals surface area contributed by atoms with Gasteiger partial charge < -0.3 is 30.2 Å². The maximum atomic E-state index is 13.3. The van der Waals surface area contributed by atoms with Crippen LogP contribution in [0.3, 0.4) is 0 Å². The third-order valence-corrected chi connectivity index (χ3v) is 6.31. The number of carbonyl (C=O) groups is 4. The van der Waals surface area contributed by atoms with Crippen LogP contribution < -0.4 is 16.0 Å². The van der Waals surface area contributed by atoms with Crippen molar-refractivity contribution >= 4 is 24.1 Å². The van der Waals surface area contributed by atoms with Gasteiger partial charge in [0.25, 0.3) is 0 Å². The molecule has 0 unspecified atom stereocenters. The van der Waals surface area contributed by atoms with Crippen LogP contribution in [-0.4, -0.2) is 49.8 Å². The number of alkyl carbamates (subject to hydrolysis) is 2. The second-order valence-electron chi connectivity index (χ2n) is 9.52. The first-order valence-electron chi connectivity index (χ1n) is 13.8. The van der Waals surface area contributed by atoms with Crippen LogP contribution in [0.4, 0.5) is 9.59 Å². The summed E-state index contributed by atoms with van der Waals surface area (Å²) < 4.78 is 15.4. The van der Waals surface area contributed by atoms with Gasteiger partial charge in [0, 0.05) is 13.0 Å².